The second-order valence-corrected chi connectivity index (χ2v) is 10.6. The van der Waals surface area contributed by atoms with Crippen LogP contribution >= 0.6 is 11.8 Å². The second-order valence-electron chi connectivity index (χ2n) is 9.62. The van der Waals surface area contributed by atoms with Gasteiger partial charge in [-0.15, -0.1) is 11.8 Å². The van der Waals surface area contributed by atoms with Crippen LogP contribution in [0.15, 0.2) is 74.9 Å². The van der Waals surface area contributed by atoms with Gasteiger partial charge in [0.1, 0.15) is 17.4 Å². The fourth-order valence-electron chi connectivity index (χ4n) is 5.39. The van der Waals surface area contributed by atoms with Crippen molar-refractivity contribution in [1.29, 1.82) is 5.41 Å². The number of halogens is 5. The van der Waals surface area contributed by atoms with Gasteiger partial charge in [-0.25, -0.2) is 8.78 Å². The predicted molar refractivity (Wildman–Crippen MR) is 141 cm³/mol. The van der Waals surface area contributed by atoms with Gasteiger partial charge >= 0.3 is 6.18 Å². The van der Waals surface area contributed by atoms with Gasteiger partial charge in [0.25, 0.3) is 5.56 Å². The summed E-state index contributed by atoms with van der Waals surface area (Å²) >= 11 is 1.22. The van der Waals surface area contributed by atoms with E-state index in [0.29, 0.717) is 28.1 Å². The number of benzene rings is 1. The lowest BCUT2D eigenvalue weighted by atomic mass is 9.81. The molecule has 3 aromatic rings. The molecule has 0 spiro atoms. The molecular weight excluding hydrogens is 535 g/mol. The van der Waals surface area contributed by atoms with Gasteiger partial charge in [0, 0.05) is 17.2 Å². The smallest absolute Gasteiger partial charge is 0.395 e. The summed E-state index contributed by atoms with van der Waals surface area (Å²) in [7, 11) is 0. The maximum Gasteiger partial charge on any atom is 0.395 e. The second kappa shape index (κ2) is 10.3. The summed E-state index contributed by atoms with van der Waals surface area (Å²) in [5.41, 5.74) is 0.508. The van der Waals surface area contributed by atoms with E-state index >= 15 is 4.39 Å². The van der Waals surface area contributed by atoms with Crippen molar-refractivity contribution in [2.45, 2.75) is 43.9 Å². The topological polar surface area (TPSA) is 59.0 Å². The van der Waals surface area contributed by atoms with Gasteiger partial charge in [-0.05, 0) is 54.7 Å². The minimum absolute atomic E-state index is 0.000549. The lowest BCUT2D eigenvalue weighted by molar-refractivity contribution is -0.172. The Labute approximate surface area is 225 Å². The Bertz CT molecular complexity index is 1550. The fourth-order valence-corrected chi connectivity index (χ4v) is 6.78. The lowest BCUT2D eigenvalue weighted by Crippen LogP contribution is -2.34. The molecule has 39 heavy (non-hydrogen) atoms. The molecular formula is C29H25F5N2O2S. The largest absolute Gasteiger partial charge is 0.463 e. The predicted octanol–water partition coefficient (Wildman–Crippen LogP) is 7.59. The van der Waals surface area contributed by atoms with Gasteiger partial charge in [0.15, 0.2) is 0 Å². The zero-order chi connectivity index (χ0) is 28.1. The average molecular weight is 561 g/mol. The van der Waals surface area contributed by atoms with Crippen molar-refractivity contribution < 1.29 is 26.4 Å². The Morgan fingerprint density at radius 2 is 1.97 bits per heavy atom. The van der Waals surface area contributed by atoms with Crippen molar-refractivity contribution in [2.24, 2.45) is 11.8 Å². The molecule has 10 heteroatoms. The fraction of sp³-hybridized carbons (Fsp3) is 0.310. The zero-order valence-electron chi connectivity index (χ0n) is 21.1. The molecule has 3 unspecified atom stereocenters. The van der Waals surface area contributed by atoms with Gasteiger partial charge in [0.2, 0.25) is 0 Å². The molecule has 0 saturated carbocycles. The third-order valence-electron chi connectivity index (χ3n) is 7.44. The number of allylic oxidation sites excluding steroid dienone is 4. The molecule has 3 atom stereocenters. The highest BCUT2D eigenvalue weighted by atomic mass is 32.2. The summed E-state index contributed by atoms with van der Waals surface area (Å²) in [5, 5.41) is 9.07. The Morgan fingerprint density at radius 3 is 2.64 bits per heavy atom. The molecule has 1 N–H and O–H groups in total. The number of alkyl halides is 3. The van der Waals surface area contributed by atoms with Gasteiger partial charge in [0.05, 0.1) is 34.5 Å². The quantitative estimate of drug-likeness (QED) is 0.250. The van der Waals surface area contributed by atoms with Gasteiger partial charge in [-0.1, -0.05) is 37.3 Å². The highest BCUT2D eigenvalue weighted by Crippen LogP contribution is 2.45. The molecule has 3 heterocycles. The molecule has 1 aromatic carbocycles. The molecule has 204 valence electrons. The number of nitrogens with one attached hydrogen (secondary N) is 1. The molecule has 0 amide bonds. The Hall–Kier alpha value is -3.40. The number of thioether (sulfide) groups is 1. The van der Waals surface area contributed by atoms with Crippen molar-refractivity contribution in [2.75, 3.05) is 5.75 Å². The standard InChI is InChI=1S/C29H25F5N2O2S/c1-3-16-7-4-8-17(25(16)31)24-15(2)18(13-19-20(29(32,33)34)9-5-10-21(19)30)28-36(27(24)37)22(14-39-28)26(35)23-11-6-12-38-23/h4-12,19-20,22,35H,3,13-14H2,1-2H3. The number of furan rings is 1. The molecule has 0 fully saturated rings. The summed E-state index contributed by atoms with van der Waals surface area (Å²) in [6.45, 7) is 3.34. The SMILES string of the molecule is CCc1cccc(-c2c(C)c(CC3C(F)=CC=CC3C(F)(F)F)c3n(c2=O)C(C(=N)c2ccco2)CS3)c1F. The summed E-state index contributed by atoms with van der Waals surface area (Å²) in [6, 6.07) is 7.08. The molecule has 5 rings (SSSR count). The summed E-state index contributed by atoms with van der Waals surface area (Å²) < 4.78 is 79.0. The maximum atomic E-state index is 15.6. The number of aryl methyl sites for hydroxylation is 1. The van der Waals surface area contributed by atoms with Crippen molar-refractivity contribution in [1.82, 2.24) is 4.57 Å². The van der Waals surface area contributed by atoms with Crippen LogP contribution in [0.3, 0.4) is 0 Å². The van der Waals surface area contributed by atoms with Crippen molar-refractivity contribution in [3.63, 3.8) is 0 Å². The maximum absolute atomic E-state index is 15.6. The highest BCUT2D eigenvalue weighted by molar-refractivity contribution is 7.99. The van der Waals surface area contributed by atoms with Crippen molar-refractivity contribution in [3.05, 3.63) is 99.3 Å². The van der Waals surface area contributed by atoms with Crippen LogP contribution < -0.4 is 5.56 Å². The summed E-state index contributed by atoms with van der Waals surface area (Å²) in [6.07, 6.45) is -0.250. The number of hydrogen-bond acceptors (Lipinski definition) is 4. The number of rotatable bonds is 6. The minimum atomic E-state index is -4.68. The van der Waals surface area contributed by atoms with Crippen LogP contribution in [0, 0.1) is 30.0 Å². The molecule has 2 aliphatic rings. The first-order chi connectivity index (χ1) is 18.5. The number of nitrogens with zero attached hydrogens (tertiary/aromatic N) is 1. The van der Waals surface area contributed by atoms with E-state index in [0.717, 1.165) is 18.2 Å². The van der Waals surface area contributed by atoms with E-state index < -0.39 is 41.3 Å². The molecule has 2 aromatic heterocycles. The van der Waals surface area contributed by atoms with Crippen LogP contribution in [-0.2, 0) is 12.8 Å². The zero-order valence-corrected chi connectivity index (χ0v) is 21.9. The van der Waals surface area contributed by atoms with Crippen molar-refractivity contribution in [3.8, 4) is 11.1 Å². The number of pyridine rings is 1. The third kappa shape index (κ3) is 4.68. The van der Waals surface area contributed by atoms with Gasteiger partial charge < -0.3 is 4.42 Å². The van der Waals surface area contributed by atoms with Crippen LogP contribution in [0.25, 0.3) is 11.1 Å². The van der Waals surface area contributed by atoms with Gasteiger partial charge in [-0.2, -0.15) is 13.2 Å². The average Bonchev–Trinajstić information content (AvgIpc) is 3.58. The molecule has 0 radical (unpaired) electrons. The van der Waals surface area contributed by atoms with Crippen LogP contribution in [0.4, 0.5) is 22.0 Å². The third-order valence-corrected chi connectivity index (χ3v) is 8.64. The first kappa shape index (κ1) is 27.2. The minimum Gasteiger partial charge on any atom is -0.463 e. The number of aromatic nitrogens is 1. The Balaban J connectivity index is 1.74. The van der Waals surface area contributed by atoms with E-state index in [-0.39, 0.29) is 34.8 Å². The van der Waals surface area contributed by atoms with E-state index in [9.17, 15) is 22.4 Å². The molecule has 4 nitrogen and oxygen atoms in total. The van der Waals surface area contributed by atoms with E-state index in [1.165, 1.54) is 28.7 Å². The number of hydrogen-bond donors (Lipinski definition) is 1. The monoisotopic (exact) mass is 560 g/mol. The molecule has 0 saturated heterocycles. The van der Waals surface area contributed by atoms with Crippen LogP contribution in [0.1, 0.15) is 35.4 Å². The van der Waals surface area contributed by atoms with E-state index in [1.807, 2.05) is 0 Å². The van der Waals surface area contributed by atoms with Crippen LogP contribution in [0.2, 0.25) is 0 Å². The van der Waals surface area contributed by atoms with Crippen LogP contribution in [-0.4, -0.2) is 22.2 Å². The molecule has 1 aliphatic carbocycles. The first-order valence-electron chi connectivity index (χ1n) is 12.5. The Kier molecular flexibility index (Phi) is 7.17. The van der Waals surface area contributed by atoms with E-state index in [2.05, 4.69) is 0 Å². The molecule has 0 bridgehead atoms. The molecule has 1 aliphatic heterocycles. The Morgan fingerprint density at radius 1 is 1.21 bits per heavy atom. The normalized spacial score (nSPS) is 20.7. The number of fused-ring (bicyclic) bond motifs is 1. The summed E-state index contributed by atoms with van der Waals surface area (Å²) in [5.74, 6) is -4.61. The first-order valence-corrected chi connectivity index (χ1v) is 13.4. The van der Waals surface area contributed by atoms with E-state index in [4.69, 9.17) is 9.83 Å². The van der Waals surface area contributed by atoms with Gasteiger partial charge in [-0.3, -0.25) is 14.8 Å². The van der Waals surface area contributed by atoms with E-state index in [1.54, 1.807) is 38.1 Å². The summed E-state index contributed by atoms with van der Waals surface area (Å²) in [4.78, 5) is 14.0. The van der Waals surface area contributed by atoms with Crippen LogP contribution in [0.5, 0.6) is 0 Å². The highest BCUT2D eigenvalue weighted by Gasteiger charge is 2.46. The lowest BCUT2D eigenvalue weighted by Gasteiger charge is -2.29. The van der Waals surface area contributed by atoms with Crippen molar-refractivity contribution >= 4 is 17.5 Å².